The van der Waals surface area contributed by atoms with Gasteiger partial charge in [0.25, 0.3) is 5.91 Å². The Morgan fingerprint density at radius 2 is 1.93 bits per heavy atom. The number of aromatic nitrogens is 1. The van der Waals surface area contributed by atoms with E-state index < -0.39 is 24.3 Å². The number of benzene rings is 2. The van der Waals surface area contributed by atoms with Crippen LogP contribution in [-0.2, 0) is 17.6 Å². The van der Waals surface area contributed by atoms with Crippen molar-refractivity contribution in [1.29, 1.82) is 0 Å². The van der Waals surface area contributed by atoms with Gasteiger partial charge in [-0.2, -0.15) is 13.2 Å². The van der Waals surface area contributed by atoms with Gasteiger partial charge in [-0.05, 0) is 30.3 Å². The average molecular weight is 408 g/mol. The summed E-state index contributed by atoms with van der Waals surface area (Å²) in [5.74, 6) is -0.122. The molecule has 0 radical (unpaired) electrons. The molecule has 3 aromatic rings. The highest BCUT2D eigenvalue weighted by molar-refractivity contribution is 7.07. The van der Waals surface area contributed by atoms with Crippen molar-refractivity contribution in [3.63, 3.8) is 0 Å². The van der Waals surface area contributed by atoms with Crippen LogP contribution >= 0.6 is 11.3 Å². The number of alkyl halides is 3. The zero-order valence-electron chi connectivity index (χ0n) is 14.4. The van der Waals surface area contributed by atoms with Crippen LogP contribution in [-0.4, -0.2) is 17.5 Å². The summed E-state index contributed by atoms with van der Waals surface area (Å²) in [5, 5.41) is 4.48. The van der Waals surface area contributed by atoms with Crippen molar-refractivity contribution < 1.29 is 27.4 Å². The van der Waals surface area contributed by atoms with E-state index in [4.69, 9.17) is 9.47 Å². The summed E-state index contributed by atoms with van der Waals surface area (Å²) >= 11 is 1.45. The van der Waals surface area contributed by atoms with Gasteiger partial charge in [0.05, 0.1) is 22.5 Å². The Kier molecular flexibility index (Phi) is 6.15. The molecular formula is C19H15F3N2O3S. The van der Waals surface area contributed by atoms with Gasteiger partial charge in [-0.25, -0.2) is 4.98 Å². The Labute approximate surface area is 162 Å². The van der Waals surface area contributed by atoms with Gasteiger partial charge in [-0.1, -0.05) is 18.2 Å². The van der Waals surface area contributed by atoms with E-state index in [1.807, 2.05) is 5.38 Å². The molecule has 0 aliphatic heterocycles. The minimum Gasteiger partial charge on any atom is -0.485 e. The fourth-order valence-electron chi connectivity index (χ4n) is 2.25. The molecule has 0 fully saturated rings. The highest BCUT2D eigenvalue weighted by atomic mass is 32.1. The number of anilines is 1. The Hall–Kier alpha value is -3.07. The van der Waals surface area contributed by atoms with Gasteiger partial charge >= 0.3 is 6.18 Å². The molecule has 0 spiro atoms. The maximum atomic E-state index is 12.7. The van der Waals surface area contributed by atoms with E-state index in [0.717, 1.165) is 17.8 Å². The minimum atomic E-state index is -4.48. The lowest BCUT2D eigenvalue weighted by Gasteiger charge is -2.13. The van der Waals surface area contributed by atoms with Gasteiger partial charge < -0.3 is 14.8 Å². The largest absolute Gasteiger partial charge is 0.485 e. The van der Waals surface area contributed by atoms with E-state index in [2.05, 4.69) is 10.3 Å². The topological polar surface area (TPSA) is 60.5 Å². The molecule has 0 aliphatic rings. The molecule has 0 aliphatic carbocycles. The van der Waals surface area contributed by atoms with Crippen molar-refractivity contribution in [1.82, 2.24) is 4.98 Å². The monoisotopic (exact) mass is 408 g/mol. The summed E-state index contributed by atoms with van der Waals surface area (Å²) in [4.78, 5) is 16.2. The number of carbonyl (C=O) groups is 1. The fourth-order valence-corrected chi connectivity index (χ4v) is 2.80. The number of thiazole rings is 1. The second-order valence-corrected chi connectivity index (χ2v) is 6.35. The van der Waals surface area contributed by atoms with Gasteiger partial charge in [0.15, 0.2) is 6.61 Å². The fraction of sp³-hybridized carbons (Fsp3) is 0.158. The normalized spacial score (nSPS) is 11.1. The number of carbonyl (C=O) groups excluding carboxylic acids is 1. The maximum Gasteiger partial charge on any atom is 0.416 e. The van der Waals surface area contributed by atoms with Gasteiger partial charge in [0, 0.05) is 5.38 Å². The molecule has 28 heavy (non-hydrogen) atoms. The van der Waals surface area contributed by atoms with E-state index in [0.29, 0.717) is 11.4 Å². The lowest BCUT2D eigenvalue weighted by atomic mass is 10.2. The molecule has 1 aromatic heterocycles. The molecular weight excluding hydrogens is 393 g/mol. The summed E-state index contributed by atoms with van der Waals surface area (Å²) in [7, 11) is 0. The SMILES string of the molecule is O=C(COc1cccc(C(F)(F)F)c1)Nc1ccccc1OCc1cscn1. The third-order valence-electron chi connectivity index (χ3n) is 3.55. The number of hydrogen-bond donors (Lipinski definition) is 1. The lowest BCUT2D eigenvalue weighted by molar-refractivity contribution is -0.137. The first-order valence-corrected chi connectivity index (χ1v) is 9.05. The maximum absolute atomic E-state index is 12.7. The molecule has 0 saturated carbocycles. The van der Waals surface area contributed by atoms with E-state index >= 15 is 0 Å². The molecule has 9 heteroatoms. The highest BCUT2D eigenvalue weighted by Gasteiger charge is 2.30. The van der Waals surface area contributed by atoms with Gasteiger partial charge in [0.2, 0.25) is 0 Å². The van der Waals surface area contributed by atoms with Crippen molar-refractivity contribution in [2.24, 2.45) is 0 Å². The number of amides is 1. The van der Waals surface area contributed by atoms with Crippen LogP contribution in [0.5, 0.6) is 11.5 Å². The summed E-state index contributed by atoms with van der Waals surface area (Å²) in [6.07, 6.45) is -4.48. The Balaban J connectivity index is 1.58. The Bertz CT molecular complexity index is 930. The molecule has 0 unspecified atom stereocenters. The van der Waals surface area contributed by atoms with Crippen LogP contribution in [0.4, 0.5) is 18.9 Å². The van der Waals surface area contributed by atoms with Crippen LogP contribution in [0, 0.1) is 0 Å². The van der Waals surface area contributed by atoms with Crippen molar-refractivity contribution in [2.75, 3.05) is 11.9 Å². The highest BCUT2D eigenvalue weighted by Crippen LogP contribution is 2.31. The van der Waals surface area contributed by atoms with E-state index in [1.165, 1.54) is 23.5 Å². The first-order chi connectivity index (χ1) is 13.4. The third kappa shape index (κ3) is 5.46. The average Bonchev–Trinajstić information content (AvgIpc) is 3.19. The zero-order valence-corrected chi connectivity index (χ0v) is 15.2. The van der Waals surface area contributed by atoms with Crippen molar-refractivity contribution in [2.45, 2.75) is 12.8 Å². The number of rotatable bonds is 7. The predicted molar refractivity (Wildman–Crippen MR) is 98.5 cm³/mol. The molecule has 3 rings (SSSR count). The minimum absolute atomic E-state index is 0.0435. The molecule has 0 bridgehead atoms. The third-order valence-corrected chi connectivity index (χ3v) is 4.19. The van der Waals surface area contributed by atoms with E-state index in [1.54, 1.807) is 29.8 Å². The van der Waals surface area contributed by atoms with Gasteiger partial charge in [-0.15, -0.1) is 11.3 Å². The number of nitrogens with one attached hydrogen (secondary N) is 1. The first kappa shape index (κ1) is 19.7. The summed E-state index contributed by atoms with van der Waals surface area (Å²) in [6.45, 7) is -0.196. The smallest absolute Gasteiger partial charge is 0.416 e. The van der Waals surface area contributed by atoms with Gasteiger partial charge in [-0.3, -0.25) is 4.79 Å². The standard InChI is InChI=1S/C19H15F3N2O3S/c20-19(21,22)13-4-3-5-15(8-13)26-10-18(25)24-16-6-1-2-7-17(16)27-9-14-11-28-12-23-14/h1-8,11-12H,9-10H2,(H,24,25). The lowest BCUT2D eigenvalue weighted by Crippen LogP contribution is -2.20. The molecule has 5 nitrogen and oxygen atoms in total. The van der Waals surface area contributed by atoms with Crippen LogP contribution in [0.25, 0.3) is 0 Å². The number of para-hydroxylation sites is 2. The Morgan fingerprint density at radius 3 is 2.68 bits per heavy atom. The second kappa shape index (κ2) is 8.75. The van der Waals surface area contributed by atoms with Crippen molar-refractivity contribution >= 4 is 22.9 Å². The molecule has 1 heterocycles. The van der Waals surface area contributed by atoms with Crippen LogP contribution in [0.2, 0.25) is 0 Å². The predicted octanol–water partition coefficient (Wildman–Crippen LogP) is 4.76. The van der Waals surface area contributed by atoms with Gasteiger partial charge in [0.1, 0.15) is 18.1 Å². The van der Waals surface area contributed by atoms with Crippen molar-refractivity contribution in [3.05, 3.63) is 70.7 Å². The summed E-state index contributed by atoms with van der Waals surface area (Å²) in [6, 6.07) is 11.2. The molecule has 0 atom stereocenters. The molecule has 146 valence electrons. The zero-order chi connectivity index (χ0) is 20.0. The van der Waals surface area contributed by atoms with E-state index in [-0.39, 0.29) is 12.4 Å². The second-order valence-electron chi connectivity index (χ2n) is 5.63. The summed E-state index contributed by atoms with van der Waals surface area (Å²) in [5.41, 5.74) is 2.04. The molecule has 0 saturated heterocycles. The van der Waals surface area contributed by atoms with Crippen LogP contribution in [0.3, 0.4) is 0 Å². The molecule has 2 aromatic carbocycles. The molecule has 1 amide bonds. The molecule has 1 N–H and O–H groups in total. The van der Waals surface area contributed by atoms with Crippen LogP contribution < -0.4 is 14.8 Å². The summed E-state index contributed by atoms with van der Waals surface area (Å²) < 4.78 is 49.0. The number of nitrogens with zero attached hydrogens (tertiary/aromatic N) is 1. The quantitative estimate of drug-likeness (QED) is 0.613. The number of halogens is 3. The van der Waals surface area contributed by atoms with Crippen LogP contribution in [0.15, 0.2) is 59.4 Å². The first-order valence-electron chi connectivity index (χ1n) is 8.10. The van der Waals surface area contributed by atoms with Crippen LogP contribution in [0.1, 0.15) is 11.3 Å². The number of hydrogen-bond acceptors (Lipinski definition) is 5. The van der Waals surface area contributed by atoms with Crippen molar-refractivity contribution in [3.8, 4) is 11.5 Å². The Morgan fingerprint density at radius 1 is 1.11 bits per heavy atom. The van der Waals surface area contributed by atoms with E-state index in [9.17, 15) is 18.0 Å². The number of ether oxygens (including phenoxy) is 2.